The van der Waals surface area contributed by atoms with Crippen LogP contribution in [0.1, 0.15) is 19.8 Å². The number of carbonyl (C=O) groups excluding carboxylic acids is 2. The predicted octanol–water partition coefficient (Wildman–Crippen LogP) is 3.05. The molecule has 2 bridgehead atoms. The van der Waals surface area contributed by atoms with Gasteiger partial charge < -0.3 is 4.74 Å². The van der Waals surface area contributed by atoms with E-state index in [4.69, 9.17) is 27.9 Å². The number of benzene rings is 1. The fraction of sp³-hybridized carbons (Fsp3) is 0.467. The average molecular weight is 326 g/mol. The predicted molar refractivity (Wildman–Crippen MR) is 78.4 cm³/mol. The van der Waals surface area contributed by atoms with E-state index in [2.05, 4.69) is 0 Å². The normalized spacial score (nSPS) is 37.5. The Labute approximate surface area is 132 Å². The summed E-state index contributed by atoms with van der Waals surface area (Å²) in [5, 5.41) is 0.807. The minimum absolute atomic E-state index is 0.142. The number of nitrogens with zero attached hydrogens (tertiary/aromatic N) is 1. The Bertz CT molecular complexity index is 657. The highest BCUT2D eigenvalue weighted by atomic mass is 35.5. The summed E-state index contributed by atoms with van der Waals surface area (Å²) in [5.41, 5.74) is -0.0703. The third-order valence-corrected chi connectivity index (χ3v) is 5.30. The first kappa shape index (κ1) is 13.6. The van der Waals surface area contributed by atoms with Crippen molar-refractivity contribution in [3.8, 4) is 0 Å². The lowest BCUT2D eigenvalue weighted by atomic mass is 9.74. The Morgan fingerprint density at radius 1 is 1.19 bits per heavy atom. The molecule has 0 spiro atoms. The van der Waals surface area contributed by atoms with Gasteiger partial charge in [0.15, 0.2) is 0 Å². The lowest BCUT2D eigenvalue weighted by molar-refractivity contribution is -0.126. The summed E-state index contributed by atoms with van der Waals surface area (Å²) < 4.78 is 5.88. The first-order valence-electron chi connectivity index (χ1n) is 6.92. The van der Waals surface area contributed by atoms with Crippen LogP contribution in [0.25, 0.3) is 0 Å². The van der Waals surface area contributed by atoms with Crippen molar-refractivity contribution in [2.24, 2.45) is 11.8 Å². The molecule has 0 unspecified atom stereocenters. The average Bonchev–Trinajstić information content (AvgIpc) is 2.98. The van der Waals surface area contributed by atoms with E-state index in [9.17, 15) is 9.59 Å². The maximum Gasteiger partial charge on any atom is 0.240 e. The molecule has 3 fully saturated rings. The number of hydrogen-bond donors (Lipinski definition) is 0. The highest BCUT2D eigenvalue weighted by Crippen LogP contribution is 2.55. The summed E-state index contributed by atoms with van der Waals surface area (Å²) in [6, 6.07) is 4.76. The number of amides is 2. The van der Waals surface area contributed by atoms with Gasteiger partial charge >= 0.3 is 0 Å². The summed E-state index contributed by atoms with van der Waals surface area (Å²) >= 11 is 12.0. The maximum absolute atomic E-state index is 12.8. The molecule has 4 atom stereocenters. The molecule has 0 radical (unpaired) electrons. The smallest absolute Gasteiger partial charge is 0.240 e. The first-order chi connectivity index (χ1) is 9.90. The molecule has 0 aromatic heterocycles. The second-order valence-corrected chi connectivity index (χ2v) is 7.02. The molecule has 2 amide bonds. The number of imide groups is 1. The highest BCUT2D eigenvalue weighted by molar-refractivity contribution is 6.35. The summed E-state index contributed by atoms with van der Waals surface area (Å²) in [6.07, 6.45) is 1.51. The van der Waals surface area contributed by atoms with Crippen LogP contribution in [0.2, 0.25) is 10.0 Å². The number of fused-ring (bicyclic) bond motifs is 5. The van der Waals surface area contributed by atoms with E-state index in [1.807, 2.05) is 6.92 Å². The molecule has 6 heteroatoms. The zero-order valence-electron chi connectivity index (χ0n) is 11.3. The Kier molecular flexibility index (Phi) is 2.72. The van der Waals surface area contributed by atoms with Gasteiger partial charge in [-0.05, 0) is 38.0 Å². The molecule has 21 heavy (non-hydrogen) atoms. The van der Waals surface area contributed by atoms with Crippen LogP contribution in [0.4, 0.5) is 5.69 Å². The standard InChI is InChI=1S/C15H13Cl2NO3/c1-15-3-2-10(21-15)11-12(15)14(20)18(13(11)19)9-5-7(16)4-8(17)6-9/h4-6,10-12H,2-3H2,1H3/t10-,11-,12+,15+/m0/s1. The van der Waals surface area contributed by atoms with Gasteiger partial charge in [-0.3, -0.25) is 9.59 Å². The minimum Gasteiger partial charge on any atom is -0.370 e. The minimum atomic E-state index is -0.515. The van der Waals surface area contributed by atoms with E-state index in [-0.39, 0.29) is 29.8 Å². The fourth-order valence-corrected chi connectivity index (χ4v) is 4.52. The van der Waals surface area contributed by atoms with Crippen molar-refractivity contribution in [3.05, 3.63) is 28.2 Å². The summed E-state index contributed by atoms with van der Waals surface area (Å²) in [5.74, 6) is -1.15. The van der Waals surface area contributed by atoms with Gasteiger partial charge in [0.2, 0.25) is 11.8 Å². The number of ether oxygens (including phenoxy) is 1. The van der Waals surface area contributed by atoms with Crippen molar-refractivity contribution in [1.29, 1.82) is 0 Å². The Hall–Kier alpha value is -1.10. The van der Waals surface area contributed by atoms with Crippen LogP contribution >= 0.6 is 23.2 Å². The molecule has 4 nitrogen and oxygen atoms in total. The number of carbonyl (C=O) groups is 2. The number of rotatable bonds is 1. The van der Waals surface area contributed by atoms with Gasteiger partial charge in [0, 0.05) is 10.0 Å². The van der Waals surface area contributed by atoms with Crippen molar-refractivity contribution in [3.63, 3.8) is 0 Å². The van der Waals surface area contributed by atoms with Gasteiger partial charge in [0.1, 0.15) is 0 Å². The van der Waals surface area contributed by atoms with Crippen molar-refractivity contribution in [2.45, 2.75) is 31.5 Å². The van der Waals surface area contributed by atoms with Gasteiger partial charge in [0.05, 0.1) is 29.2 Å². The largest absolute Gasteiger partial charge is 0.370 e. The van der Waals surface area contributed by atoms with Crippen molar-refractivity contribution >= 4 is 40.7 Å². The van der Waals surface area contributed by atoms with Crippen LogP contribution in [-0.4, -0.2) is 23.5 Å². The van der Waals surface area contributed by atoms with Crippen LogP contribution in [-0.2, 0) is 14.3 Å². The van der Waals surface area contributed by atoms with Crippen molar-refractivity contribution in [1.82, 2.24) is 0 Å². The molecule has 1 aromatic rings. The summed E-state index contributed by atoms with van der Waals surface area (Å²) in [4.78, 5) is 26.7. The van der Waals surface area contributed by atoms with Gasteiger partial charge in [-0.25, -0.2) is 4.90 Å². The van der Waals surface area contributed by atoms with E-state index in [1.165, 1.54) is 4.90 Å². The van der Waals surface area contributed by atoms with E-state index >= 15 is 0 Å². The molecule has 0 N–H and O–H groups in total. The van der Waals surface area contributed by atoms with Crippen LogP contribution in [0, 0.1) is 11.8 Å². The van der Waals surface area contributed by atoms with Gasteiger partial charge in [-0.1, -0.05) is 23.2 Å². The molecule has 0 aliphatic carbocycles. The molecule has 0 saturated carbocycles. The van der Waals surface area contributed by atoms with Gasteiger partial charge in [-0.15, -0.1) is 0 Å². The van der Waals surface area contributed by atoms with E-state index in [1.54, 1.807) is 18.2 Å². The molecular weight excluding hydrogens is 313 g/mol. The monoisotopic (exact) mass is 325 g/mol. The maximum atomic E-state index is 12.8. The Morgan fingerprint density at radius 3 is 2.48 bits per heavy atom. The fourth-order valence-electron chi connectivity index (χ4n) is 4.00. The molecule has 4 rings (SSSR count). The number of halogens is 2. The summed E-state index contributed by atoms with van der Waals surface area (Å²) in [6.45, 7) is 1.93. The summed E-state index contributed by atoms with van der Waals surface area (Å²) in [7, 11) is 0. The number of hydrogen-bond acceptors (Lipinski definition) is 3. The van der Waals surface area contributed by atoms with E-state index < -0.39 is 5.60 Å². The molecule has 3 heterocycles. The van der Waals surface area contributed by atoms with Crippen LogP contribution in [0.5, 0.6) is 0 Å². The third-order valence-electron chi connectivity index (χ3n) is 4.86. The molecule has 3 saturated heterocycles. The topological polar surface area (TPSA) is 46.6 Å². The molecule has 1 aromatic carbocycles. The molecule has 3 aliphatic heterocycles. The second-order valence-electron chi connectivity index (χ2n) is 6.15. The van der Waals surface area contributed by atoms with Crippen molar-refractivity contribution < 1.29 is 14.3 Å². The van der Waals surface area contributed by atoms with E-state index in [0.29, 0.717) is 15.7 Å². The molecule has 110 valence electrons. The molecular formula is C15H13Cl2NO3. The van der Waals surface area contributed by atoms with Gasteiger partial charge in [-0.2, -0.15) is 0 Å². The lowest BCUT2D eigenvalue weighted by Crippen LogP contribution is -2.39. The van der Waals surface area contributed by atoms with Crippen LogP contribution < -0.4 is 4.90 Å². The highest BCUT2D eigenvalue weighted by Gasteiger charge is 2.67. The first-order valence-corrected chi connectivity index (χ1v) is 7.68. The Morgan fingerprint density at radius 2 is 1.86 bits per heavy atom. The van der Waals surface area contributed by atoms with Crippen LogP contribution in [0.15, 0.2) is 18.2 Å². The van der Waals surface area contributed by atoms with E-state index in [0.717, 1.165) is 12.8 Å². The molecule has 3 aliphatic rings. The second kappa shape index (κ2) is 4.22. The number of anilines is 1. The SMILES string of the molecule is C[C@]12CC[C@H](O1)[C@@H]1C(=O)N(c3cc(Cl)cc(Cl)c3)C(=O)[C@@H]12. The van der Waals surface area contributed by atoms with Crippen molar-refractivity contribution in [2.75, 3.05) is 4.90 Å². The zero-order chi connectivity index (χ0) is 14.9. The van der Waals surface area contributed by atoms with Gasteiger partial charge in [0.25, 0.3) is 0 Å². The quantitative estimate of drug-likeness (QED) is 0.745. The Balaban J connectivity index is 1.79. The zero-order valence-corrected chi connectivity index (χ0v) is 12.8. The third kappa shape index (κ3) is 1.73. The van der Waals surface area contributed by atoms with Crippen LogP contribution in [0.3, 0.4) is 0 Å². The lowest BCUT2D eigenvalue weighted by Gasteiger charge is -2.26.